The van der Waals surface area contributed by atoms with E-state index >= 15 is 0 Å². The first-order chi connectivity index (χ1) is 7.08. The molecule has 0 saturated carbocycles. The van der Waals surface area contributed by atoms with Crippen molar-refractivity contribution in [2.75, 3.05) is 13.6 Å². The fourth-order valence-electron chi connectivity index (χ4n) is 1.42. The normalized spacial score (nSPS) is 13.1. The molecule has 1 rings (SSSR count). The highest BCUT2D eigenvalue weighted by atomic mass is 16.3. The van der Waals surface area contributed by atoms with Crippen LogP contribution in [0, 0.1) is 0 Å². The lowest BCUT2D eigenvalue weighted by molar-refractivity contribution is 0.313. The highest BCUT2D eigenvalue weighted by Crippen LogP contribution is 2.11. The van der Waals surface area contributed by atoms with Crippen molar-refractivity contribution in [3.63, 3.8) is 0 Å². The summed E-state index contributed by atoms with van der Waals surface area (Å²) < 4.78 is 0. The summed E-state index contributed by atoms with van der Waals surface area (Å²) in [6.07, 6.45) is 1.01. The second-order valence-corrected chi connectivity index (χ2v) is 4.17. The molecule has 0 radical (unpaired) electrons. The predicted molar refractivity (Wildman–Crippen MR) is 62.7 cm³/mol. The van der Waals surface area contributed by atoms with E-state index in [4.69, 9.17) is 10.8 Å². The van der Waals surface area contributed by atoms with Gasteiger partial charge in [-0.25, -0.2) is 0 Å². The number of benzene rings is 1. The third-order valence-electron chi connectivity index (χ3n) is 2.35. The van der Waals surface area contributed by atoms with E-state index in [0.29, 0.717) is 5.75 Å². The average molecular weight is 208 g/mol. The van der Waals surface area contributed by atoms with Crippen LogP contribution in [0.4, 0.5) is 0 Å². The van der Waals surface area contributed by atoms with Gasteiger partial charge in [-0.15, -0.1) is 0 Å². The van der Waals surface area contributed by atoms with Crippen LogP contribution >= 0.6 is 0 Å². The van der Waals surface area contributed by atoms with E-state index in [1.54, 1.807) is 12.1 Å². The first-order valence-corrected chi connectivity index (χ1v) is 5.30. The van der Waals surface area contributed by atoms with Crippen LogP contribution in [0.3, 0.4) is 0 Å². The molecule has 1 unspecified atom stereocenters. The maximum atomic E-state index is 9.14. The van der Waals surface area contributed by atoms with Crippen molar-refractivity contribution in [2.24, 2.45) is 5.73 Å². The van der Waals surface area contributed by atoms with Gasteiger partial charge in [0.15, 0.2) is 0 Å². The van der Waals surface area contributed by atoms with Crippen LogP contribution in [-0.4, -0.2) is 29.6 Å². The third kappa shape index (κ3) is 4.81. The number of rotatable bonds is 5. The Morgan fingerprint density at radius 2 is 1.93 bits per heavy atom. The van der Waals surface area contributed by atoms with Crippen LogP contribution in [0.1, 0.15) is 18.9 Å². The highest BCUT2D eigenvalue weighted by Gasteiger charge is 2.01. The molecule has 15 heavy (non-hydrogen) atoms. The Morgan fingerprint density at radius 3 is 2.47 bits per heavy atom. The van der Waals surface area contributed by atoms with Crippen LogP contribution in [-0.2, 0) is 6.54 Å². The molecule has 0 aliphatic heterocycles. The zero-order valence-electron chi connectivity index (χ0n) is 9.48. The smallest absolute Gasteiger partial charge is 0.115 e. The van der Waals surface area contributed by atoms with Gasteiger partial charge in [0, 0.05) is 12.6 Å². The molecule has 0 amide bonds. The summed E-state index contributed by atoms with van der Waals surface area (Å²) in [6, 6.07) is 7.58. The first-order valence-electron chi connectivity index (χ1n) is 5.30. The van der Waals surface area contributed by atoms with Gasteiger partial charge in [-0.1, -0.05) is 12.1 Å². The van der Waals surface area contributed by atoms with Gasteiger partial charge in [0.1, 0.15) is 5.75 Å². The standard InChI is InChI=1S/C12H20N2O/c1-10(13)7-8-14(2)9-11-3-5-12(15)6-4-11/h3-6,10,15H,7-9,13H2,1-2H3. The zero-order valence-corrected chi connectivity index (χ0v) is 9.48. The minimum absolute atomic E-state index is 0.257. The van der Waals surface area contributed by atoms with E-state index in [1.807, 2.05) is 19.1 Å². The number of nitrogens with zero attached hydrogens (tertiary/aromatic N) is 1. The summed E-state index contributed by atoms with van der Waals surface area (Å²) in [4.78, 5) is 2.23. The monoisotopic (exact) mass is 208 g/mol. The summed E-state index contributed by atoms with van der Waals surface area (Å²) in [5.74, 6) is 0.317. The topological polar surface area (TPSA) is 49.5 Å². The van der Waals surface area contributed by atoms with Crippen LogP contribution in [0.2, 0.25) is 0 Å². The number of hydrogen-bond donors (Lipinski definition) is 2. The van der Waals surface area contributed by atoms with Gasteiger partial charge in [-0.3, -0.25) is 0 Å². The number of hydrogen-bond acceptors (Lipinski definition) is 3. The number of phenols is 1. The SMILES string of the molecule is CC(N)CCN(C)Cc1ccc(O)cc1. The number of phenolic OH excluding ortho intramolecular Hbond substituents is 1. The average Bonchev–Trinajstić information content (AvgIpc) is 2.19. The molecule has 3 N–H and O–H groups in total. The van der Waals surface area contributed by atoms with Gasteiger partial charge in [-0.05, 0) is 44.6 Å². The minimum atomic E-state index is 0.257. The van der Waals surface area contributed by atoms with Crippen LogP contribution in [0.25, 0.3) is 0 Å². The van der Waals surface area contributed by atoms with Gasteiger partial charge >= 0.3 is 0 Å². The lowest BCUT2D eigenvalue weighted by Crippen LogP contribution is -2.25. The molecule has 0 saturated heterocycles. The molecule has 0 heterocycles. The van der Waals surface area contributed by atoms with E-state index < -0.39 is 0 Å². The maximum absolute atomic E-state index is 9.14. The van der Waals surface area contributed by atoms with Gasteiger partial charge in [0.05, 0.1) is 0 Å². The molecule has 3 nitrogen and oxygen atoms in total. The molecule has 0 aliphatic rings. The summed E-state index contributed by atoms with van der Waals surface area (Å²) >= 11 is 0. The molecule has 0 spiro atoms. The lowest BCUT2D eigenvalue weighted by Gasteiger charge is -2.17. The third-order valence-corrected chi connectivity index (χ3v) is 2.35. The molecule has 0 bridgehead atoms. The van der Waals surface area contributed by atoms with E-state index in [2.05, 4.69) is 11.9 Å². The fourth-order valence-corrected chi connectivity index (χ4v) is 1.42. The van der Waals surface area contributed by atoms with E-state index in [0.717, 1.165) is 19.5 Å². The Bertz CT molecular complexity index is 282. The van der Waals surface area contributed by atoms with Gasteiger partial charge in [0.2, 0.25) is 0 Å². The Hall–Kier alpha value is -1.06. The van der Waals surface area contributed by atoms with Crippen molar-refractivity contribution in [2.45, 2.75) is 25.9 Å². The Kier molecular flexibility index (Phi) is 4.59. The second kappa shape index (κ2) is 5.73. The fraction of sp³-hybridized carbons (Fsp3) is 0.500. The summed E-state index contributed by atoms with van der Waals surface area (Å²) in [6.45, 7) is 3.92. The quantitative estimate of drug-likeness (QED) is 0.772. The molecule has 1 aromatic carbocycles. The maximum Gasteiger partial charge on any atom is 0.115 e. The van der Waals surface area contributed by atoms with Gasteiger partial charge in [-0.2, -0.15) is 0 Å². The van der Waals surface area contributed by atoms with Crippen LogP contribution < -0.4 is 5.73 Å². The minimum Gasteiger partial charge on any atom is -0.508 e. The summed E-state index contributed by atoms with van der Waals surface area (Å²) in [5.41, 5.74) is 6.90. The lowest BCUT2D eigenvalue weighted by atomic mass is 10.2. The number of aromatic hydroxyl groups is 1. The van der Waals surface area contributed by atoms with Crippen molar-refractivity contribution in [3.05, 3.63) is 29.8 Å². The van der Waals surface area contributed by atoms with E-state index in [1.165, 1.54) is 5.56 Å². The molecule has 3 heteroatoms. The van der Waals surface area contributed by atoms with Crippen molar-refractivity contribution in [1.29, 1.82) is 0 Å². The molecular weight excluding hydrogens is 188 g/mol. The van der Waals surface area contributed by atoms with Crippen molar-refractivity contribution in [1.82, 2.24) is 4.90 Å². The summed E-state index contributed by atoms with van der Waals surface area (Å²) in [5, 5.41) is 9.14. The summed E-state index contributed by atoms with van der Waals surface area (Å²) in [7, 11) is 2.08. The predicted octanol–water partition coefficient (Wildman–Crippen LogP) is 1.56. The molecular formula is C12H20N2O. The largest absolute Gasteiger partial charge is 0.508 e. The van der Waals surface area contributed by atoms with E-state index in [9.17, 15) is 0 Å². The Balaban J connectivity index is 2.37. The van der Waals surface area contributed by atoms with Crippen molar-refractivity contribution >= 4 is 0 Å². The van der Waals surface area contributed by atoms with Crippen LogP contribution in [0.5, 0.6) is 5.75 Å². The second-order valence-electron chi connectivity index (χ2n) is 4.17. The van der Waals surface area contributed by atoms with Crippen molar-refractivity contribution in [3.8, 4) is 5.75 Å². The highest BCUT2D eigenvalue weighted by molar-refractivity contribution is 5.25. The molecule has 0 aliphatic carbocycles. The molecule has 84 valence electrons. The molecule has 1 aromatic rings. The number of nitrogens with two attached hydrogens (primary N) is 1. The van der Waals surface area contributed by atoms with Crippen molar-refractivity contribution < 1.29 is 5.11 Å². The van der Waals surface area contributed by atoms with Gasteiger partial charge in [0.25, 0.3) is 0 Å². The van der Waals surface area contributed by atoms with Gasteiger partial charge < -0.3 is 15.7 Å². The Labute approximate surface area is 91.5 Å². The molecule has 0 aromatic heterocycles. The van der Waals surface area contributed by atoms with Crippen LogP contribution in [0.15, 0.2) is 24.3 Å². The molecule has 1 atom stereocenters. The Morgan fingerprint density at radius 1 is 1.33 bits per heavy atom. The first kappa shape index (κ1) is 12.0. The zero-order chi connectivity index (χ0) is 11.3. The van der Waals surface area contributed by atoms with E-state index in [-0.39, 0.29) is 6.04 Å². The molecule has 0 fully saturated rings.